The molecule has 0 unspecified atom stereocenters. The molecule has 0 spiro atoms. The minimum atomic E-state index is -4.21. The smallest absolute Gasteiger partial charge is 0.384 e. The van der Waals surface area contributed by atoms with Crippen molar-refractivity contribution in [1.82, 2.24) is 9.80 Å². The van der Waals surface area contributed by atoms with E-state index in [9.17, 15) is 22.0 Å². The molecule has 1 heterocycles. The van der Waals surface area contributed by atoms with Gasteiger partial charge in [0.25, 0.3) is 5.92 Å². The Hall–Kier alpha value is -0.470. The topological polar surface area (TPSA) is 15.7 Å². The van der Waals surface area contributed by atoms with Crippen molar-refractivity contribution in [3.8, 4) is 0 Å². The van der Waals surface area contributed by atoms with E-state index in [0.717, 1.165) is 0 Å². The number of halogens is 5. The second kappa shape index (κ2) is 5.38. The van der Waals surface area contributed by atoms with Crippen LogP contribution in [0, 0.1) is 5.41 Å². The number of piperazine rings is 1. The van der Waals surface area contributed by atoms with Gasteiger partial charge in [-0.2, -0.15) is 13.2 Å². The zero-order valence-corrected chi connectivity index (χ0v) is 11.3. The van der Waals surface area contributed by atoms with Gasteiger partial charge in [0.1, 0.15) is 0 Å². The second-order valence-corrected chi connectivity index (χ2v) is 5.76. The first kappa shape index (κ1) is 15.9. The van der Waals surface area contributed by atoms with Crippen LogP contribution in [-0.2, 0) is 4.74 Å². The third kappa shape index (κ3) is 3.59. The van der Waals surface area contributed by atoms with Crippen molar-refractivity contribution in [2.24, 2.45) is 5.41 Å². The van der Waals surface area contributed by atoms with Gasteiger partial charge in [-0.1, -0.05) is 0 Å². The van der Waals surface area contributed by atoms with Crippen LogP contribution >= 0.6 is 0 Å². The molecular formula is C12H19F5N2O. The summed E-state index contributed by atoms with van der Waals surface area (Å²) in [5.41, 5.74) is -1.14. The van der Waals surface area contributed by atoms with Gasteiger partial charge in [0.15, 0.2) is 0 Å². The Morgan fingerprint density at radius 1 is 1.05 bits per heavy atom. The lowest BCUT2D eigenvalue weighted by Crippen LogP contribution is -2.51. The van der Waals surface area contributed by atoms with E-state index < -0.39 is 24.1 Å². The van der Waals surface area contributed by atoms with E-state index in [2.05, 4.69) is 0 Å². The van der Waals surface area contributed by atoms with Gasteiger partial charge >= 0.3 is 6.18 Å². The molecule has 1 saturated heterocycles. The fourth-order valence-corrected chi connectivity index (χ4v) is 2.82. The molecule has 0 aromatic heterocycles. The first-order valence-corrected chi connectivity index (χ1v) is 6.56. The molecule has 8 heteroatoms. The Bertz CT molecular complexity index is 341. The molecule has 0 aromatic carbocycles. The fraction of sp³-hybridized carbons (Fsp3) is 1.00. The molecule has 20 heavy (non-hydrogen) atoms. The van der Waals surface area contributed by atoms with Gasteiger partial charge in [-0.15, -0.1) is 0 Å². The summed E-state index contributed by atoms with van der Waals surface area (Å²) in [5.74, 6) is -2.72. The normalized spacial score (nSPS) is 31.5. The van der Waals surface area contributed by atoms with E-state index in [1.54, 1.807) is 0 Å². The number of methoxy groups -OCH3 is 1. The van der Waals surface area contributed by atoms with Crippen molar-refractivity contribution in [3.63, 3.8) is 0 Å². The quantitative estimate of drug-likeness (QED) is 0.721. The van der Waals surface area contributed by atoms with Crippen molar-refractivity contribution in [1.29, 1.82) is 0 Å². The highest BCUT2D eigenvalue weighted by Crippen LogP contribution is 2.60. The first-order chi connectivity index (χ1) is 9.17. The van der Waals surface area contributed by atoms with Gasteiger partial charge in [-0.05, 0) is 0 Å². The van der Waals surface area contributed by atoms with Crippen LogP contribution in [0.15, 0.2) is 0 Å². The van der Waals surface area contributed by atoms with E-state index in [0.29, 0.717) is 13.1 Å². The first-order valence-electron chi connectivity index (χ1n) is 6.56. The maximum absolute atomic E-state index is 13.4. The standard InChI is InChI=1S/C12H19F5N2O/c1-20-9-10(6-11(10,13)14)7-18-2-4-19(5-3-18)8-12(15,16)17/h2-9H2,1H3/t10-/m1/s1. The zero-order valence-electron chi connectivity index (χ0n) is 11.3. The van der Waals surface area contributed by atoms with Crippen LogP contribution in [0.4, 0.5) is 22.0 Å². The lowest BCUT2D eigenvalue weighted by atomic mass is 10.1. The number of hydrogen-bond donors (Lipinski definition) is 0. The SMILES string of the molecule is COC[C@]1(CN2CCN(CC(F)(F)F)CC2)CC1(F)F. The molecule has 0 radical (unpaired) electrons. The molecule has 2 fully saturated rings. The van der Waals surface area contributed by atoms with Crippen molar-refractivity contribution in [3.05, 3.63) is 0 Å². The van der Waals surface area contributed by atoms with Crippen LogP contribution < -0.4 is 0 Å². The summed E-state index contributed by atoms with van der Waals surface area (Å²) in [4.78, 5) is 3.12. The van der Waals surface area contributed by atoms with Gasteiger partial charge in [-0.25, -0.2) is 8.78 Å². The van der Waals surface area contributed by atoms with Crippen molar-refractivity contribution in [2.75, 3.05) is 53.0 Å². The van der Waals surface area contributed by atoms with Gasteiger partial charge in [0.05, 0.1) is 18.6 Å². The Morgan fingerprint density at radius 3 is 1.95 bits per heavy atom. The number of alkyl halides is 5. The molecule has 0 amide bonds. The maximum Gasteiger partial charge on any atom is 0.401 e. The Kier molecular flexibility index (Phi) is 4.28. The third-order valence-electron chi connectivity index (χ3n) is 4.03. The van der Waals surface area contributed by atoms with Gasteiger partial charge in [0.2, 0.25) is 0 Å². The molecule has 0 N–H and O–H groups in total. The zero-order chi connectivity index (χ0) is 15.0. The van der Waals surface area contributed by atoms with Gasteiger partial charge < -0.3 is 4.74 Å². The lowest BCUT2D eigenvalue weighted by Gasteiger charge is -2.36. The average Bonchev–Trinajstić information content (AvgIpc) is 2.81. The van der Waals surface area contributed by atoms with E-state index >= 15 is 0 Å². The van der Waals surface area contributed by atoms with Crippen LogP contribution in [0.5, 0.6) is 0 Å². The third-order valence-corrected chi connectivity index (χ3v) is 4.03. The van der Waals surface area contributed by atoms with E-state index in [4.69, 9.17) is 4.74 Å². The minimum absolute atomic E-state index is 0.0111. The Morgan fingerprint density at radius 2 is 1.55 bits per heavy atom. The monoisotopic (exact) mass is 302 g/mol. The molecule has 2 rings (SSSR count). The molecule has 0 bridgehead atoms. The summed E-state index contributed by atoms with van der Waals surface area (Å²) in [6.45, 7) is 0.536. The molecule has 1 saturated carbocycles. The van der Waals surface area contributed by atoms with Crippen molar-refractivity contribution < 1.29 is 26.7 Å². The van der Waals surface area contributed by atoms with Crippen molar-refractivity contribution >= 4 is 0 Å². The van der Waals surface area contributed by atoms with Gasteiger partial charge in [0, 0.05) is 46.3 Å². The van der Waals surface area contributed by atoms with Crippen molar-refractivity contribution in [2.45, 2.75) is 18.5 Å². The van der Waals surface area contributed by atoms with E-state index in [-0.39, 0.29) is 32.7 Å². The number of rotatable bonds is 5. The Balaban J connectivity index is 1.80. The molecule has 1 aliphatic heterocycles. The highest BCUT2D eigenvalue weighted by atomic mass is 19.4. The highest BCUT2D eigenvalue weighted by Gasteiger charge is 2.71. The summed E-state index contributed by atoms with van der Waals surface area (Å²) < 4.78 is 68.5. The average molecular weight is 302 g/mol. The molecular weight excluding hydrogens is 283 g/mol. The highest BCUT2D eigenvalue weighted by molar-refractivity contribution is 5.11. The lowest BCUT2D eigenvalue weighted by molar-refractivity contribution is -0.149. The molecule has 2 aliphatic rings. The minimum Gasteiger partial charge on any atom is -0.384 e. The molecule has 3 nitrogen and oxygen atoms in total. The molecule has 118 valence electrons. The van der Waals surface area contributed by atoms with Crippen LogP contribution in [0.1, 0.15) is 6.42 Å². The van der Waals surface area contributed by atoms with Crippen LogP contribution in [0.2, 0.25) is 0 Å². The predicted molar refractivity (Wildman–Crippen MR) is 62.8 cm³/mol. The summed E-state index contributed by atoms with van der Waals surface area (Å²) >= 11 is 0. The fourth-order valence-electron chi connectivity index (χ4n) is 2.82. The van der Waals surface area contributed by atoms with Crippen LogP contribution in [0.25, 0.3) is 0 Å². The van der Waals surface area contributed by atoms with Crippen LogP contribution in [-0.4, -0.2) is 74.9 Å². The predicted octanol–water partition coefficient (Wildman–Crippen LogP) is 1.84. The molecule has 0 aromatic rings. The summed E-state index contributed by atoms with van der Waals surface area (Å²) in [6, 6.07) is 0. The number of nitrogens with zero attached hydrogens (tertiary/aromatic N) is 2. The van der Waals surface area contributed by atoms with Crippen LogP contribution in [0.3, 0.4) is 0 Å². The summed E-state index contributed by atoms with van der Waals surface area (Å²) in [5, 5.41) is 0. The Labute approximate surface area is 114 Å². The molecule has 1 atom stereocenters. The van der Waals surface area contributed by atoms with Gasteiger partial charge in [-0.3, -0.25) is 9.80 Å². The second-order valence-electron chi connectivity index (χ2n) is 5.76. The summed E-state index contributed by atoms with van der Waals surface area (Å²) in [6.07, 6.45) is -4.40. The van der Waals surface area contributed by atoms with E-state index in [1.165, 1.54) is 12.0 Å². The molecule has 1 aliphatic carbocycles. The maximum atomic E-state index is 13.4. The van der Waals surface area contributed by atoms with E-state index in [1.807, 2.05) is 4.90 Å². The largest absolute Gasteiger partial charge is 0.401 e. The number of hydrogen-bond acceptors (Lipinski definition) is 3. The summed E-state index contributed by atoms with van der Waals surface area (Å²) in [7, 11) is 1.39. The number of ether oxygens (including phenoxy) is 1.